The Kier molecular flexibility index (Phi) is 4.99. The standard InChI is InChI=1S/C13H20N2O/c1-4-5-6-9-15(3)13-8-7-12(10-14-13)11(2)16/h4,7-8,10-11,16H,1,5-6,9H2,2-3H3/t11-/m1/s1. The molecule has 1 rings (SSSR count). The molecule has 1 aromatic heterocycles. The minimum atomic E-state index is -0.451. The van der Waals surface area contributed by atoms with Gasteiger partial charge in [0, 0.05) is 19.8 Å². The minimum absolute atomic E-state index is 0.451. The van der Waals surface area contributed by atoms with Gasteiger partial charge >= 0.3 is 0 Å². The van der Waals surface area contributed by atoms with Crippen molar-refractivity contribution in [1.29, 1.82) is 0 Å². The summed E-state index contributed by atoms with van der Waals surface area (Å²) in [4.78, 5) is 6.43. The van der Waals surface area contributed by atoms with Gasteiger partial charge in [-0.2, -0.15) is 0 Å². The fourth-order valence-electron chi connectivity index (χ4n) is 1.46. The molecule has 0 saturated heterocycles. The maximum absolute atomic E-state index is 9.36. The van der Waals surface area contributed by atoms with Crippen molar-refractivity contribution in [2.75, 3.05) is 18.5 Å². The Morgan fingerprint density at radius 2 is 2.31 bits per heavy atom. The van der Waals surface area contributed by atoms with Crippen LogP contribution in [0.2, 0.25) is 0 Å². The number of aliphatic hydroxyl groups is 1. The third-order valence-corrected chi connectivity index (χ3v) is 2.55. The minimum Gasteiger partial charge on any atom is -0.389 e. The zero-order chi connectivity index (χ0) is 12.0. The smallest absolute Gasteiger partial charge is 0.128 e. The summed E-state index contributed by atoms with van der Waals surface area (Å²) in [5, 5.41) is 9.36. The first-order valence-corrected chi connectivity index (χ1v) is 5.61. The van der Waals surface area contributed by atoms with Gasteiger partial charge in [0.2, 0.25) is 0 Å². The van der Waals surface area contributed by atoms with E-state index in [0.29, 0.717) is 0 Å². The molecule has 3 nitrogen and oxygen atoms in total. The lowest BCUT2D eigenvalue weighted by molar-refractivity contribution is 0.199. The van der Waals surface area contributed by atoms with Crippen LogP contribution in [0.4, 0.5) is 5.82 Å². The molecule has 0 amide bonds. The van der Waals surface area contributed by atoms with Crippen LogP contribution in [0.25, 0.3) is 0 Å². The van der Waals surface area contributed by atoms with Crippen molar-refractivity contribution in [2.45, 2.75) is 25.9 Å². The number of rotatable bonds is 6. The topological polar surface area (TPSA) is 36.4 Å². The van der Waals surface area contributed by atoms with E-state index in [-0.39, 0.29) is 0 Å². The fourth-order valence-corrected chi connectivity index (χ4v) is 1.46. The number of pyridine rings is 1. The van der Waals surface area contributed by atoms with E-state index in [4.69, 9.17) is 0 Å². The Labute approximate surface area is 97.4 Å². The van der Waals surface area contributed by atoms with Crippen molar-refractivity contribution < 1.29 is 5.11 Å². The van der Waals surface area contributed by atoms with E-state index in [2.05, 4.69) is 16.5 Å². The number of hydrogen-bond acceptors (Lipinski definition) is 3. The number of hydrogen-bond donors (Lipinski definition) is 1. The predicted octanol–water partition coefficient (Wildman–Crippen LogP) is 2.54. The fraction of sp³-hybridized carbons (Fsp3) is 0.462. The average molecular weight is 220 g/mol. The van der Waals surface area contributed by atoms with Gasteiger partial charge < -0.3 is 10.0 Å². The molecule has 0 spiro atoms. The van der Waals surface area contributed by atoms with Crippen LogP contribution in [0.5, 0.6) is 0 Å². The lowest BCUT2D eigenvalue weighted by Crippen LogP contribution is -2.19. The highest BCUT2D eigenvalue weighted by atomic mass is 16.3. The number of allylic oxidation sites excluding steroid dienone is 1. The molecular formula is C13H20N2O. The number of aliphatic hydroxyl groups excluding tert-OH is 1. The van der Waals surface area contributed by atoms with Gasteiger partial charge in [0.15, 0.2) is 0 Å². The molecule has 1 N–H and O–H groups in total. The van der Waals surface area contributed by atoms with E-state index in [0.717, 1.165) is 30.8 Å². The molecule has 16 heavy (non-hydrogen) atoms. The summed E-state index contributed by atoms with van der Waals surface area (Å²) in [6.07, 6.45) is 5.31. The third-order valence-electron chi connectivity index (χ3n) is 2.55. The molecule has 0 saturated carbocycles. The molecule has 0 bridgehead atoms. The summed E-state index contributed by atoms with van der Waals surface area (Å²) in [5.74, 6) is 0.938. The van der Waals surface area contributed by atoms with Gasteiger partial charge in [-0.15, -0.1) is 6.58 Å². The molecule has 0 aromatic carbocycles. The second-order valence-corrected chi connectivity index (χ2v) is 3.98. The van der Waals surface area contributed by atoms with Crippen molar-refractivity contribution in [2.24, 2.45) is 0 Å². The Hall–Kier alpha value is -1.35. The average Bonchev–Trinajstić information content (AvgIpc) is 2.29. The van der Waals surface area contributed by atoms with Crippen molar-refractivity contribution in [3.05, 3.63) is 36.5 Å². The molecule has 0 unspecified atom stereocenters. The van der Waals surface area contributed by atoms with Crippen molar-refractivity contribution in [3.8, 4) is 0 Å². The second-order valence-electron chi connectivity index (χ2n) is 3.98. The molecule has 3 heteroatoms. The summed E-state index contributed by atoms with van der Waals surface area (Å²) in [5.41, 5.74) is 0.850. The highest BCUT2D eigenvalue weighted by Gasteiger charge is 2.04. The SMILES string of the molecule is C=CCCCN(C)c1ccc([C@@H](C)O)cn1. The molecule has 1 aromatic rings. The van der Waals surface area contributed by atoms with Crippen molar-refractivity contribution >= 4 is 5.82 Å². The summed E-state index contributed by atoms with van der Waals surface area (Å²) in [6.45, 7) is 6.41. The van der Waals surface area contributed by atoms with Gasteiger partial charge in [-0.1, -0.05) is 12.1 Å². The second kappa shape index (κ2) is 6.28. The molecule has 0 aliphatic rings. The van der Waals surface area contributed by atoms with E-state index in [1.165, 1.54) is 0 Å². The van der Waals surface area contributed by atoms with Gasteiger partial charge in [0.05, 0.1) is 6.10 Å². The summed E-state index contributed by atoms with van der Waals surface area (Å²) in [6, 6.07) is 3.85. The zero-order valence-electron chi connectivity index (χ0n) is 10.1. The lowest BCUT2D eigenvalue weighted by atomic mass is 10.2. The van der Waals surface area contributed by atoms with Crippen LogP contribution in [0.1, 0.15) is 31.4 Å². The molecule has 1 heterocycles. The van der Waals surface area contributed by atoms with Crippen LogP contribution in [0.15, 0.2) is 31.0 Å². The van der Waals surface area contributed by atoms with Crippen molar-refractivity contribution in [1.82, 2.24) is 4.98 Å². The van der Waals surface area contributed by atoms with E-state index < -0.39 is 6.10 Å². The Bertz CT molecular complexity index is 319. The van der Waals surface area contributed by atoms with Gasteiger partial charge in [-0.3, -0.25) is 0 Å². The molecule has 88 valence electrons. The van der Waals surface area contributed by atoms with Crippen LogP contribution in [-0.2, 0) is 0 Å². The van der Waals surface area contributed by atoms with Crippen LogP contribution < -0.4 is 4.90 Å². The molecule has 0 aliphatic heterocycles. The predicted molar refractivity (Wildman–Crippen MR) is 67.6 cm³/mol. The third kappa shape index (κ3) is 3.66. The van der Waals surface area contributed by atoms with Crippen molar-refractivity contribution in [3.63, 3.8) is 0 Å². The normalized spacial score (nSPS) is 12.2. The van der Waals surface area contributed by atoms with Gasteiger partial charge in [0.25, 0.3) is 0 Å². The van der Waals surface area contributed by atoms with E-state index in [9.17, 15) is 5.11 Å². The first-order valence-electron chi connectivity index (χ1n) is 5.61. The van der Waals surface area contributed by atoms with Crippen LogP contribution in [-0.4, -0.2) is 23.7 Å². The lowest BCUT2D eigenvalue weighted by Gasteiger charge is -2.18. The summed E-state index contributed by atoms with van der Waals surface area (Å²) >= 11 is 0. The van der Waals surface area contributed by atoms with Crippen LogP contribution >= 0.6 is 0 Å². The number of anilines is 1. The number of nitrogens with zero attached hydrogens (tertiary/aromatic N) is 2. The largest absolute Gasteiger partial charge is 0.389 e. The molecule has 1 atom stereocenters. The van der Waals surface area contributed by atoms with E-state index >= 15 is 0 Å². The Morgan fingerprint density at radius 1 is 1.56 bits per heavy atom. The number of unbranched alkanes of at least 4 members (excludes halogenated alkanes) is 1. The van der Waals surface area contributed by atoms with Crippen LogP contribution in [0, 0.1) is 0 Å². The maximum Gasteiger partial charge on any atom is 0.128 e. The first kappa shape index (κ1) is 12.7. The van der Waals surface area contributed by atoms with E-state index in [1.54, 1.807) is 13.1 Å². The van der Waals surface area contributed by atoms with Gasteiger partial charge in [-0.05, 0) is 31.4 Å². The number of aromatic nitrogens is 1. The Morgan fingerprint density at radius 3 is 2.81 bits per heavy atom. The first-order chi connectivity index (χ1) is 7.65. The summed E-state index contributed by atoms with van der Waals surface area (Å²) < 4.78 is 0. The van der Waals surface area contributed by atoms with Gasteiger partial charge in [0.1, 0.15) is 5.82 Å². The zero-order valence-corrected chi connectivity index (χ0v) is 10.1. The monoisotopic (exact) mass is 220 g/mol. The molecular weight excluding hydrogens is 200 g/mol. The molecule has 0 aliphatic carbocycles. The quantitative estimate of drug-likeness (QED) is 0.591. The molecule has 0 radical (unpaired) electrons. The van der Waals surface area contributed by atoms with E-state index in [1.807, 2.05) is 25.3 Å². The maximum atomic E-state index is 9.36. The highest BCUT2D eigenvalue weighted by molar-refractivity contribution is 5.38. The Balaban J connectivity index is 2.55. The van der Waals surface area contributed by atoms with Gasteiger partial charge in [-0.25, -0.2) is 4.98 Å². The highest BCUT2D eigenvalue weighted by Crippen LogP contribution is 2.15. The summed E-state index contributed by atoms with van der Waals surface area (Å²) in [7, 11) is 2.02. The molecule has 0 fully saturated rings. The van der Waals surface area contributed by atoms with Crippen LogP contribution in [0.3, 0.4) is 0 Å².